The molecule has 1 rings (SSSR count). The standard InChI is InChI=1S/C8H9BrFNO3S/c9-6-2-1-3-7(10)8(6)15(13,14)11-4-5-12/h1-3,11-12H,4-5H2. The SMILES string of the molecule is O=S(=O)(NCCO)c1c(F)cccc1Br. The van der Waals surface area contributed by atoms with E-state index in [0.717, 1.165) is 6.07 Å². The van der Waals surface area contributed by atoms with Crippen LogP contribution in [0.1, 0.15) is 0 Å². The van der Waals surface area contributed by atoms with E-state index in [0.29, 0.717) is 0 Å². The lowest BCUT2D eigenvalue weighted by Gasteiger charge is -2.07. The molecule has 1 aromatic rings. The molecule has 0 unspecified atom stereocenters. The van der Waals surface area contributed by atoms with Gasteiger partial charge in [-0.25, -0.2) is 17.5 Å². The average molecular weight is 298 g/mol. The van der Waals surface area contributed by atoms with Gasteiger partial charge in [0.25, 0.3) is 0 Å². The Morgan fingerprint density at radius 1 is 1.47 bits per heavy atom. The van der Waals surface area contributed by atoms with Crippen LogP contribution < -0.4 is 4.72 Å². The Bertz CT molecular complexity index is 429. The summed E-state index contributed by atoms with van der Waals surface area (Å²) in [6.07, 6.45) is 0. The first-order valence-electron chi connectivity index (χ1n) is 4.03. The number of aliphatic hydroxyl groups excluding tert-OH is 1. The van der Waals surface area contributed by atoms with Crippen LogP contribution in [0.5, 0.6) is 0 Å². The van der Waals surface area contributed by atoms with Crippen molar-refractivity contribution >= 4 is 26.0 Å². The Morgan fingerprint density at radius 3 is 2.67 bits per heavy atom. The minimum absolute atomic E-state index is 0.146. The Labute approximate surface area is 95.3 Å². The summed E-state index contributed by atoms with van der Waals surface area (Å²) in [6, 6.07) is 3.87. The van der Waals surface area contributed by atoms with E-state index < -0.39 is 20.7 Å². The zero-order chi connectivity index (χ0) is 11.5. The van der Waals surface area contributed by atoms with Gasteiger partial charge in [0, 0.05) is 11.0 Å². The summed E-state index contributed by atoms with van der Waals surface area (Å²) in [5, 5.41) is 8.48. The molecule has 0 heterocycles. The van der Waals surface area contributed by atoms with Gasteiger partial charge in [-0.1, -0.05) is 6.07 Å². The fourth-order valence-corrected chi connectivity index (χ4v) is 3.13. The molecule has 0 saturated carbocycles. The molecule has 0 amide bonds. The van der Waals surface area contributed by atoms with E-state index in [4.69, 9.17) is 5.11 Å². The number of sulfonamides is 1. The van der Waals surface area contributed by atoms with Crippen molar-refractivity contribution in [1.29, 1.82) is 0 Å². The number of aliphatic hydroxyl groups is 1. The lowest BCUT2D eigenvalue weighted by Crippen LogP contribution is -2.27. The molecule has 0 aliphatic carbocycles. The highest BCUT2D eigenvalue weighted by Gasteiger charge is 2.21. The van der Waals surface area contributed by atoms with Crippen molar-refractivity contribution in [1.82, 2.24) is 4.72 Å². The van der Waals surface area contributed by atoms with Crippen LogP contribution in [0.15, 0.2) is 27.6 Å². The molecule has 0 aliphatic rings. The van der Waals surface area contributed by atoms with Crippen molar-refractivity contribution in [3.05, 3.63) is 28.5 Å². The number of benzene rings is 1. The second-order valence-corrected chi connectivity index (χ2v) is 5.23. The third kappa shape index (κ3) is 2.97. The highest BCUT2D eigenvalue weighted by molar-refractivity contribution is 9.10. The first-order valence-corrected chi connectivity index (χ1v) is 6.31. The number of hydrogen-bond acceptors (Lipinski definition) is 3. The maximum Gasteiger partial charge on any atom is 0.244 e. The lowest BCUT2D eigenvalue weighted by molar-refractivity contribution is 0.301. The van der Waals surface area contributed by atoms with Gasteiger partial charge in [0.1, 0.15) is 10.7 Å². The second kappa shape index (κ2) is 5.02. The molecular weight excluding hydrogens is 289 g/mol. The van der Waals surface area contributed by atoms with E-state index in [1.807, 2.05) is 0 Å². The van der Waals surface area contributed by atoms with Gasteiger partial charge in [0.2, 0.25) is 10.0 Å². The predicted molar refractivity (Wildman–Crippen MR) is 56.4 cm³/mol. The molecular formula is C8H9BrFNO3S. The van der Waals surface area contributed by atoms with Crippen molar-refractivity contribution in [2.24, 2.45) is 0 Å². The maximum absolute atomic E-state index is 13.3. The topological polar surface area (TPSA) is 66.4 Å². The summed E-state index contributed by atoms with van der Waals surface area (Å²) in [4.78, 5) is -0.446. The quantitative estimate of drug-likeness (QED) is 0.866. The van der Waals surface area contributed by atoms with E-state index in [1.54, 1.807) is 0 Å². The lowest BCUT2D eigenvalue weighted by atomic mass is 10.3. The Kier molecular flexibility index (Phi) is 4.21. The van der Waals surface area contributed by atoms with Gasteiger partial charge in [0.05, 0.1) is 6.61 Å². The zero-order valence-electron chi connectivity index (χ0n) is 7.57. The van der Waals surface area contributed by atoms with Crippen molar-refractivity contribution < 1.29 is 17.9 Å². The van der Waals surface area contributed by atoms with Crippen LogP contribution in [0.2, 0.25) is 0 Å². The number of nitrogens with one attached hydrogen (secondary N) is 1. The van der Waals surface area contributed by atoms with Crippen molar-refractivity contribution in [3.8, 4) is 0 Å². The van der Waals surface area contributed by atoms with E-state index >= 15 is 0 Å². The Morgan fingerprint density at radius 2 is 2.13 bits per heavy atom. The van der Waals surface area contributed by atoms with Crippen LogP contribution >= 0.6 is 15.9 Å². The van der Waals surface area contributed by atoms with Crippen LogP contribution in [0.25, 0.3) is 0 Å². The molecule has 0 radical (unpaired) electrons. The van der Waals surface area contributed by atoms with Crippen LogP contribution in [-0.2, 0) is 10.0 Å². The Balaban J connectivity index is 3.15. The fraction of sp³-hybridized carbons (Fsp3) is 0.250. The van der Waals surface area contributed by atoms with E-state index in [2.05, 4.69) is 20.7 Å². The summed E-state index contributed by atoms with van der Waals surface area (Å²) in [7, 11) is -3.92. The number of hydrogen-bond donors (Lipinski definition) is 2. The molecule has 1 aromatic carbocycles. The average Bonchev–Trinajstić information content (AvgIpc) is 2.14. The summed E-state index contributed by atoms with van der Waals surface area (Å²) in [6.45, 7) is -0.492. The molecule has 84 valence electrons. The van der Waals surface area contributed by atoms with E-state index in [9.17, 15) is 12.8 Å². The number of rotatable bonds is 4. The van der Waals surface area contributed by atoms with Gasteiger partial charge < -0.3 is 5.11 Å². The van der Waals surface area contributed by atoms with Gasteiger partial charge in [-0.05, 0) is 28.1 Å². The largest absolute Gasteiger partial charge is 0.395 e. The summed E-state index contributed by atoms with van der Waals surface area (Å²) in [5.74, 6) is -0.838. The van der Waals surface area contributed by atoms with Crippen molar-refractivity contribution in [2.45, 2.75) is 4.90 Å². The van der Waals surface area contributed by atoms with Crippen LogP contribution in [0.4, 0.5) is 4.39 Å². The molecule has 0 saturated heterocycles. The van der Waals surface area contributed by atoms with E-state index in [-0.39, 0.29) is 17.6 Å². The molecule has 0 atom stereocenters. The molecule has 7 heteroatoms. The molecule has 15 heavy (non-hydrogen) atoms. The fourth-order valence-electron chi connectivity index (χ4n) is 0.991. The minimum Gasteiger partial charge on any atom is -0.395 e. The summed E-state index contributed by atoms with van der Waals surface area (Å²) >= 11 is 2.95. The van der Waals surface area contributed by atoms with Crippen LogP contribution in [0, 0.1) is 5.82 Å². The molecule has 0 aromatic heterocycles. The van der Waals surface area contributed by atoms with Crippen LogP contribution in [-0.4, -0.2) is 26.7 Å². The van der Waals surface area contributed by atoms with Crippen LogP contribution in [0.3, 0.4) is 0 Å². The smallest absolute Gasteiger partial charge is 0.244 e. The monoisotopic (exact) mass is 297 g/mol. The van der Waals surface area contributed by atoms with Crippen molar-refractivity contribution in [3.63, 3.8) is 0 Å². The third-order valence-corrected chi connectivity index (χ3v) is 4.05. The highest BCUT2D eigenvalue weighted by atomic mass is 79.9. The first-order chi connectivity index (χ1) is 6.99. The second-order valence-electron chi connectivity index (χ2n) is 2.67. The number of halogens is 2. The van der Waals surface area contributed by atoms with Gasteiger partial charge in [-0.3, -0.25) is 0 Å². The summed E-state index contributed by atoms with van der Waals surface area (Å²) < 4.78 is 38.5. The maximum atomic E-state index is 13.3. The van der Waals surface area contributed by atoms with E-state index in [1.165, 1.54) is 12.1 Å². The minimum atomic E-state index is -3.92. The molecule has 0 spiro atoms. The van der Waals surface area contributed by atoms with Gasteiger partial charge in [-0.2, -0.15) is 0 Å². The van der Waals surface area contributed by atoms with Crippen molar-refractivity contribution in [2.75, 3.05) is 13.2 Å². The molecule has 0 bridgehead atoms. The van der Waals surface area contributed by atoms with Gasteiger partial charge >= 0.3 is 0 Å². The van der Waals surface area contributed by atoms with Gasteiger partial charge in [0.15, 0.2) is 0 Å². The Hall–Kier alpha value is -0.500. The molecule has 0 aliphatic heterocycles. The predicted octanol–water partition coefficient (Wildman–Crippen LogP) is 0.859. The third-order valence-electron chi connectivity index (χ3n) is 1.59. The molecule has 2 N–H and O–H groups in total. The summed E-state index contributed by atoms with van der Waals surface area (Å²) in [5.41, 5.74) is 0. The molecule has 0 fully saturated rings. The van der Waals surface area contributed by atoms with Gasteiger partial charge in [-0.15, -0.1) is 0 Å². The normalized spacial score (nSPS) is 11.7. The highest BCUT2D eigenvalue weighted by Crippen LogP contribution is 2.24. The zero-order valence-corrected chi connectivity index (χ0v) is 9.98. The molecule has 4 nitrogen and oxygen atoms in total. The first kappa shape index (κ1) is 12.6.